The highest BCUT2D eigenvalue weighted by molar-refractivity contribution is 5.97. The Morgan fingerprint density at radius 1 is 1.15 bits per heavy atom. The van der Waals surface area contributed by atoms with Crippen LogP contribution in [0.15, 0.2) is 24.3 Å². The Morgan fingerprint density at radius 2 is 1.80 bits per heavy atom. The number of hydrogen-bond acceptors (Lipinski definition) is 3. The van der Waals surface area contributed by atoms with Crippen LogP contribution < -0.4 is 4.74 Å². The zero-order chi connectivity index (χ0) is 14.8. The topological polar surface area (TPSA) is 29.5 Å². The van der Waals surface area contributed by atoms with Crippen molar-refractivity contribution >= 4 is 5.78 Å². The van der Waals surface area contributed by atoms with Crippen LogP contribution in [0.25, 0.3) is 0 Å². The molecule has 0 fully saturated rings. The van der Waals surface area contributed by atoms with E-state index in [0.717, 1.165) is 50.1 Å². The highest BCUT2D eigenvalue weighted by Crippen LogP contribution is 2.13. The van der Waals surface area contributed by atoms with Crippen molar-refractivity contribution in [2.75, 3.05) is 26.7 Å². The van der Waals surface area contributed by atoms with E-state index in [1.165, 1.54) is 0 Å². The molecule has 1 rings (SSSR count). The molecule has 112 valence electrons. The number of Topliss-reactive ketones (excluding diaryl/α,β-unsaturated/α-hetero) is 1. The Balaban J connectivity index is 2.63. The number of carbonyl (C=O) groups is 1. The third kappa shape index (κ3) is 5.74. The molecular weight excluding hydrogens is 250 g/mol. The molecule has 20 heavy (non-hydrogen) atoms. The van der Waals surface area contributed by atoms with E-state index in [2.05, 4.69) is 18.7 Å². The third-order valence-corrected chi connectivity index (χ3v) is 3.41. The van der Waals surface area contributed by atoms with Gasteiger partial charge in [0, 0.05) is 5.56 Å². The summed E-state index contributed by atoms with van der Waals surface area (Å²) in [6.45, 7) is 6.88. The fourth-order valence-corrected chi connectivity index (χ4v) is 2.12. The molecule has 0 N–H and O–H groups in total. The smallest absolute Gasteiger partial charge is 0.176 e. The third-order valence-electron chi connectivity index (χ3n) is 3.41. The highest BCUT2D eigenvalue weighted by atomic mass is 16.5. The minimum atomic E-state index is 0.177. The molecule has 0 aliphatic rings. The fraction of sp³-hybridized carbons (Fsp3) is 0.588. The first-order valence-electron chi connectivity index (χ1n) is 7.60. The van der Waals surface area contributed by atoms with E-state index in [4.69, 9.17) is 4.74 Å². The minimum Gasteiger partial charge on any atom is -0.497 e. The van der Waals surface area contributed by atoms with Crippen LogP contribution in [0, 0.1) is 0 Å². The largest absolute Gasteiger partial charge is 0.497 e. The van der Waals surface area contributed by atoms with Crippen LogP contribution in [0.1, 0.15) is 49.9 Å². The second kappa shape index (κ2) is 9.54. The second-order valence-electron chi connectivity index (χ2n) is 5.14. The van der Waals surface area contributed by atoms with Crippen molar-refractivity contribution in [1.29, 1.82) is 0 Å². The lowest BCUT2D eigenvalue weighted by atomic mass is 10.1. The first-order chi connectivity index (χ1) is 9.71. The lowest BCUT2D eigenvalue weighted by Gasteiger charge is -2.21. The van der Waals surface area contributed by atoms with Gasteiger partial charge in [0.25, 0.3) is 0 Å². The Labute approximate surface area is 122 Å². The SMILES string of the molecule is CCCCN(CCCC)CC(=O)c1cccc(OC)c1. The van der Waals surface area contributed by atoms with E-state index in [9.17, 15) is 4.79 Å². The number of ketones is 1. The number of unbranched alkanes of at least 4 members (excludes halogenated alkanes) is 2. The number of nitrogens with zero attached hydrogens (tertiary/aromatic N) is 1. The molecule has 0 heterocycles. The molecule has 3 nitrogen and oxygen atoms in total. The molecule has 1 aromatic rings. The monoisotopic (exact) mass is 277 g/mol. The van der Waals surface area contributed by atoms with Crippen molar-refractivity contribution in [1.82, 2.24) is 4.90 Å². The molecule has 3 heteroatoms. The zero-order valence-electron chi connectivity index (χ0n) is 13.0. The van der Waals surface area contributed by atoms with Crippen LogP contribution in [0.3, 0.4) is 0 Å². The van der Waals surface area contributed by atoms with Crippen LogP contribution in [0.4, 0.5) is 0 Å². The molecule has 0 saturated heterocycles. The molecule has 1 aromatic carbocycles. The van der Waals surface area contributed by atoms with Gasteiger partial charge >= 0.3 is 0 Å². The van der Waals surface area contributed by atoms with Gasteiger partial charge in [0.1, 0.15) is 5.75 Å². The van der Waals surface area contributed by atoms with Gasteiger partial charge in [-0.05, 0) is 38.1 Å². The average Bonchev–Trinajstić information content (AvgIpc) is 2.49. The van der Waals surface area contributed by atoms with Crippen LogP contribution in [-0.2, 0) is 0 Å². The van der Waals surface area contributed by atoms with Gasteiger partial charge in [-0.25, -0.2) is 0 Å². The lowest BCUT2D eigenvalue weighted by Crippen LogP contribution is -2.31. The Bertz CT molecular complexity index is 396. The molecule has 0 aromatic heterocycles. The van der Waals surface area contributed by atoms with Gasteiger partial charge in [-0.1, -0.05) is 38.8 Å². The number of methoxy groups -OCH3 is 1. The van der Waals surface area contributed by atoms with E-state index in [1.807, 2.05) is 24.3 Å². The Hall–Kier alpha value is -1.35. The van der Waals surface area contributed by atoms with Crippen molar-refractivity contribution in [3.05, 3.63) is 29.8 Å². The molecule has 0 saturated carbocycles. The maximum atomic E-state index is 12.4. The van der Waals surface area contributed by atoms with Crippen molar-refractivity contribution in [2.45, 2.75) is 39.5 Å². The van der Waals surface area contributed by atoms with Gasteiger partial charge in [-0.3, -0.25) is 9.69 Å². The van der Waals surface area contributed by atoms with Crippen molar-refractivity contribution in [2.24, 2.45) is 0 Å². The van der Waals surface area contributed by atoms with Gasteiger partial charge < -0.3 is 4.74 Å². The van der Waals surface area contributed by atoms with Crippen LogP contribution in [0.5, 0.6) is 5.75 Å². The van der Waals surface area contributed by atoms with Crippen molar-refractivity contribution in [3.8, 4) is 5.75 Å². The minimum absolute atomic E-state index is 0.177. The summed E-state index contributed by atoms with van der Waals surface area (Å²) >= 11 is 0. The van der Waals surface area contributed by atoms with Gasteiger partial charge in [0.05, 0.1) is 13.7 Å². The molecular formula is C17H27NO2. The van der Waals surface area contributed by atoms with Crippen LogP contribution in [0.2, 0.25) is 0 Å². The van der Waals surface area contributed by atoms with Crippen LogP contribution in [-0.4, -0.2) is 37.4 Å². The van der Waals surface area contributed by atoms with Crippen molar-refractivity contribution in [3.63, 3.8) is 0 Å². The standard InChI is InChI=1S/C17H27NO2/c1-4-6-11-18(12-7-5-2)14-17(19)15-9-8-10-16(13-15)20-3/h8-10,13H,4-7,11-12,14H2,1-3H3. The summed E-state index contributed by atoms with van der Waals surface area (Å²) in [6.07, 6.45) is 4.62. The van der Waals surface area contributed by atoms with E-state index in [0.29, 0.717) is 6.54 Å². The molecule has 0 atom stereocenters. The van der Waals surface area contributed by atoms with Gasteiger partial charge in [-0.15, -0.1) is 0 Å². The molecule has 0 aliphatic carbocycles. The second-order valence-corrected chi connectivity index (χ2v) is 5.14. The number of hydrogen-bond donors (Lipinski definition) is 0. The summed E-state index contributed by atoms with van der Waals surface area (Å²) < 4.78 is 5.17. The first kappa shape index (κ1) is 16.7. The summed E-state index contributed by atoms with van der Waals surface area (Å²) in [5.74, 6) is 0.917. The molecule has 0 aliphatic heterocycles. The van der Waals surface area contributed by atoms with E-state index < -0.39 is 0 Å². The van der Waals surface area contributed by atoms with Gasteiger partial charge in [-0.2, -0.15) is 0 Å². The summed E-state index contributed by atoms with van der Waals surface area (Å²) in [6, 6.07) is 7.42. The summed E-state index contributed by atoms with van der Waals surface area (Å²) in [4.78, 5) is 14.6. The van der Waals surface area contributed by atoms with Gasteiger partial charge in [0.2, 0.25) is 0 Å². The van der Waals surface area contributed by atoms with E-state index >= 15 is 0 Å². The summed E-state index contributed by atoms with van der Waals surface area (Å²) in [7, 11) is 1.62. The number of rotatable bonds is 10. The molecule has 0 radical (unpaired) electrons. The Kier molecular flexibility index (Phi) is 7.97. The first-order valence-corrected chi connectivity index (χ1v) is 7.60. The predicted molar refractivity (Wildman–Crippen MR) is 83.6 cm³/mol. The summed E-state index contributed by atoms with van der Waals surface area (Å²) in [5.41, 5.74) is 0.738. The van der Waals surface area contributed by atoms with E-state index in [1.54, 1.807) is 7.11 Å². The average molecular weight is 277 g/mol. The maximum Gasteiger partial charge on any atom is 0.176 e. The molecule has 0 bridgehead atoms. The summed E-state index contributed by atoms with van der Waals surface area (Å²) in [5, 5.41) is 0. The van der Waals surface area contributed by atoms with E-state index in [-0.39, 0.29) is 5.78 Å². The highest BCUT2D eigenvalue weighted by Gasteiger charge is 2.12. The fourth-order valence-electron chi connectivity index (χ4n) is 2.12. The lowest BCUT2D eigenvalue weighted by molar-refractivity contribution is 0.0928. The number of benzene rings is 1. The van der Waals surface area contributed by atoms with Crippen molar-refractivity contribution < 1.29 is 9.53 Å². The van der Waals surface area contributed by atoms with Crippen LogP contribution >= 0.6 is 0 Å². The number of carbonyl (C=O) groups excluding carboxylic acids is 1. The Morgan fingerprint density at radius 3 is 2.35 bits per heavy atom. The zero-order valence-corrected chi connectivity index (χ0v) is 13.0. The quantitative estimate of drug-likeness (QED) is 0.610. The number of ether oxygens (including phenoxy) is 1. The molecule has 0 amide bonds. The molecule has 0 spiro atoms. The molecule has 0 unspecified atom stereocenters. The maximum absolute atomic E-state index is 12.4. The van der Waals surface area contributed by atoms with Gasteiger partial charge in [0.15, 0.2) is 5.78 Å². The predicted octanol–water partition coefficient (Wildman–Crippen LogP) is 3.78. The normalized spacial score (nSPS) is 10.8.